The summed E-state index contributed by atoms with van der Waals surface area (Å²) in [4.78, 5) is 2.56. The molecule has 100 valence electrons. The van der Waals surface area contributed by atoms with Gasteiger partial charge in [-0.3, -0.25) is 4.90 Å². The smallest absolute Gasteiger partial charge is 0.148 e. The Morgan fingerprint density at radius 3 is 2.76 bits per heavy atom. The summed E-state index contributed by atoms with van der Waals surface area (Å²) < 4.78 is 22.5. The van der Waals surface area contributed by atoms with Gasteiger partial charge in [0.25, 0.3) is 0 Å². The first-order valence-corrected chi connectivity index (χ1v) is 8.69. The third-order valence-corrected chi connectivity index (χ3v) is 5.01. The van der Waals surface area contributed by atoms with Crippen LogP contribution in [-0.4, -0.2) is 56.5 Å². The zero-order valence-electron chi connectivity index (χ0n) is 10.9. The summed E-state index contributed by atoms with van der Waals surface area (Å²) >= 11 is 0. The topological polar surface area (TPSA) is 49.4 Å². The van der Waals surface area contributed by atoms with Crippen molar-refractivity contribution in [3.05, 3.63) is 0 Å². The van der Waals surface area contributed by atoms with Gasteiger partial charge in [-0.2, -0.15) is 0 Å². The summed E-state index contributed by atoms with van der Waals surface area (Å²) in [7, 11) is -2.87. The van der Waals surface area contributed by atoms with Crippen molar-refractivity contribution >= 4 is 9.84 Å². The second kappa shape index (κ2) is 5.24. The van der Waals surface area contributed by atoms with E-state index in [4.69, 9.17) is 0 Å². The van der Waals surface area contributed by atoms with E-state index in [1.54, 1.807) is 0 Å². The molecule has 5 heteroatoms. The number of rotatable bonds is 4. The first-order valence-electron chi connectivity index (χ1n) is 6.63. The Hall–Kier alpha value is -0.130. The molecule has 4 nitrogen and oxygen atoms in total. The summed E-state index contributed by atoms with van der Waals surface area (Å²) in [5.74, 6) is 0.246. The molecule has 0 amide bonds. The fourth-order valence-corrected chi connectivity index (χ4v) is 4.31. The fourth-order valence-electron chi connectivity index (χ4n) is 3.31. The van der Waals surface area contributed by atoms with Gasteiger partial charge in [-0.25, -0.2) is 8.42 Å². The Morgan fingerprint density at radius 2 is 2.06 bits per heavy atom. The van der Waals surface area contributed by atoms with Gasteiger partial charge in [0.15, 0.2) is 0 Å². The van der Waals surface area contributed by atoms with Crippen LogP contribution in [0.15, 0.2) is 0 Å². The Morgan fingerprint density at radius 1 is 1.29 bits per heavy atom. The predicted molar refractivity (Wildman–Crippen MR) is 69.9 cm³/mol. The molecule has 0 radical (unpaired) electrons. The van der Waals surface area contributed by atoms with E-state index in [0.717, 1.165) is 0 Å². The van der Waals surface area contributed by atoms with Gasteiger partial charge in [-0.15, -0.1) is 0 Å². The van der Waals surface area contributed by atoms with Gasteiger partial charge >= 0.3 is 0 Å². The Bertz CT molecular complexity index is 356. The molecule has 2 saturated heterocycles. The normalized spacial score (nSPS) is 32.4. The maximum Gasteiger partial charge on any atom is 0.148 e. The molecule has 1 N–H and O–H groups in total. The van der Waals surface area contributed by atoms with Crippen LogP contribution in [0.5, 0.6) is 0 Å². The van der Waals surface area contributed by atoms with Crippen LogP contribution < -0.4 is 5.32 Å². The molecule has 0 saturated carbocycles. The molecular weight excluding hydrogens is 236 g/mol. The standard InChI is InChI=1S/C12H24N2O2S/c1-10(9-17(2,15)16)13-11-6-8-14-7-4-3-5-12(11)14/h10-13H,3-9H2,1-2H3. The summed E-state index contributed by atoms with van der Waals surface area (Å²) in [5, 5.41) is 3.51. The summed E-state index contributed by atoms with van der Waals surface area (Å²) in [5.41, 5.74) is 0. The minimum atomic E-state index is -2.87. The molecule has 17 heavy (non-hydrogen) atoms. The van der Waals surface area contributed by atoms with E-state index in [1.165, 1.54) is 45.0 Å². The van der Waals surface area contributed by atoms with E-state index in [-0.39, 0.29) is 11.8 Å². The molecule has 2 rings (SSSR count). The largest absolute Gasteiger partial charge is 0.309 e. The van der Waals surface area contributed by atoms with Crippen molar-refractivity contribution in [2.75, 3.05) is 25.1 Å². The molecule has 0 aromatic rings. The van der Waals surface area contributed by atoms with Crippen molar-refractivity contribution in [1.29, 1.82) is 0 Å². The minimum Gasteiger partial charge on any atom is -0.309 e. The molecule has 0 aliphatic carbocycles. The highest BCUT2D eigenvalue weighted by atomic mass is 32.2. The highest BCUT2D eigenvalue weighted by molar-refractivity contribution is 7.90. The molecule has 2 aliphatic rings. The van der Waals surface area contributed by atoms with E-state index in [1.807, 2.05) is 6.92 Å². The summed E-state index contributed by atoms with van der Waals surface area (Å²) in [6.07, 6.45) is 6.39. The molecule has 0 aromatic heterocycles. The lowest BCUT2D eigenvalue weighted by molar-refractivity contribution is 0.178. The summed E-state index contributed by atoms with van der Waals surface area (Å²) in [6.45, 7) is 4.38. The van der Waals surface area contributed by atoms with Crippen LogP contribution in [0.4, 0.5) is 0 Å². The highest BCUT2D eigenvalue weighted by Gasteiger charge is 2.35. The molecule has 3 unspecified atom stereocenters. The molecule has 0 aromatic carbocycles. The van der Waals surface area contributed by atoms with Crippen LogP contribution in [0.2, 0.25) is 0 Å². The number of hydrogen-bond acceptors (Lipinski definition) is 4. The lowest BCUT2D eigenvalue weighted by Gasteiger charge is -2.33. The van der Waals surface area contributed by atoms with Gasteiger partial charge in [-0.05, 0) is 32.7 Å². The van der Waals surface area contributed by atoms with Crippen molar-refractivity contribution in [3.63, 3.8) is 0 Å². The molecule has 2 aliphatic heterocycles. The molecule has 2 heterocycles. The monoisotopic (exact) mass is 260 g/mol. The third kappa shape index (κ3) is 3.66. The molecule has 0 bridgehead atoms. The summed E-state index contributed by atoms with van der Waals surface area (Å²) in [6, 6.07) is 1.20. The number of fused-ring (bicyclic) bond motifs is 1. The zero-order valence-corrected chi connectivity index (χ0v) is 11.7. The highest BCUT2D eigenvalue weighted by Crippen LogP contribution is 2.27. The van der Waals surface area contributed by atoms with Crippen molar-refractivity contribution < 1.29 is 8.42 Å². The molecule has 2 fully saturated rings. The van der Waals surface area contributed by atoms with Gasteiger partial charge in [0.1, 0.15) is 9.84 Å². The lowest BCUT2D eigenvalue weighted by atomic mass is 9.98. The van der Waals surface area contributed by atoms with E-state index >= 15 is 0 Å². The van der Waals surface area contributed by atoms with Crippen molar-refractivity contribution in [2.45, 2.75) is 50.7 Å². The second-order valence-corrected chi connectivity index (χ2v) is 7.84. The molecular formula is C12H24N2O2S. The van der Waals surface area contributed by atoms with Crippen LogP contribution in [0.1, 0.15) is 32.6 Å². The van der Waals surface area contributed by atoms with Crippen LogP contribution in [0, 0.1) is 0 Å². The quantitative estimate of drug-likeness (QED) is 0.806. The van der Waals surface area contributed by atoms with Crippen LogP contribution in [0.25, 0.3) is 0 Å². The van der Waals surface area contributed by atoms with Crippen molar-refractivity contribution in [2.24, 2.45) is 0 Å². The number of sulfone groups is 1. The number of hydrogen-bond donors (Lipinski definition) is 1. The Labute approximate surface area is 105 Å². The maximum atomic E-state index is 11.2. The van der Waals surface area contributed by atoms with Crippen LogP contribution >= 0.6 is 0 Å². The average Bonchev–Trinajstić information content (AvgIpc) is 2.59. The predicted octanol–water partition coefficient (Wildman–Crippen LogP) is 0.636. The number of nitrogens with zero attached hydrogens (tertiary/aromatic N) is 1. The zero-order chi connectivity index (χ0) is 12.5. The maximum absolute atomic E-state index is 11.2. The van der Waals surface area contributed by atoms with Crippen molar-refractivity contribution in [1.82, 2.24) is 10.2 Å². The first kappa shape index (κ1) is 13.3. The van der Waals surface area contributed by atoms with E-state index in [2.05, 4.69) is 10.2 Å². The number of piperidine rings is 1. The molecule has 3 atom stereocenters. The number of nitrogens with one attached hydrogen (secondary N) is 1. The van der Waals surface area contributed by atoms with Crippen LogP contribution in [-0.2, 0) is 9.84 Å². The van der Waals surface area contributed by atoms with Crippen molar-refractivity contribution in [3.8, 4) is 0 Å². The average molecular weight is 260 g/mol. The Kier molecular flexibility index (Phi) is 4.10. The first-order chi connectivity index (χ1) is 7.96. The molecule has 0 spiro atoms. The van der Waals surface area contributed by atoms with E-state index in [9.17, 15) is 8.42 Å². The lowest BCUT2D eigenvalue weighted by Crippen LogP contribution is -2.48. The minimum absolute atomic E-state index is 0.0666. The van der Waals surface area contributed by atoms with Gasteiger partial charge in [0.05, 0.1) is 5.75 Å². The third-order valence-electron chi connectivity index (χ3n) is 3.91. The van der Waals surface area contributed by atoms with Gasteiger partial charge < -0.3 is 5.32 Å². The fraction of sp³-hybridized carbons (Fsp3) is 1.00. The van der Waals surface area contributed by atoms with Gasteiger partial charge in [0.2, 0.25) is 0 Å². The second-order valence-electron chi connectivity index (χ2n) is 5.65. The van der Waals surface area contributed by atoms with E-state index < -0.39 is 9.84 Å². The Balaban J connectivity index is 1.87. The van der Waals surface area contributed by atoms with Gasteiger partial charge in [0, 0.05) is 30.9 Å². The van der Waals surface area contributed by atoms with Gasteiger partial charge in [-0.1, -0.05) is 6.42 Å². The van der Waals surface area contributed by atoms with Crippen LogP contribution in [0.3, 0.4) is 0 Å². The van der Waals surface area contributed by atoms with E-state index in [0.29, 0.717) is 12.1 Å². The SMILES string of the molecule is CC(CS(C)(=O)=O)NC1CCN2CCCCC12.